The van der Waals surface area contributed by atoms with Gasteiger partial charge in [0.15, 0.2) is 0 Å². The van der Waals surface area contributed by atoms with Crippen molar-refractivity contribution in [3.05, 3.63) is 35.6 Å². The fraction of sp³-hybridized carbons (Fsp3) is 0.680. The van der Waals surface area contributed by atoms with Gasteiger partial charge in [0.2, 0.25) is 11.8 Å². The van der Waals surface area contributed by atoms with Gasteiger partial charge < -0.3 is 20.3 Å². The molecular formula is C25H36FN3O3. The van der Waals surface area contributed by atoms with E-state index in [-0.39, 0.29) is 17.6 Å². The third kappa shape index (κ3) is 4.55. The van der Waals surface area contributed by atoms with Crippen molar-refractivity contribution in [1.29, 1.82) is 0 Å². The van der Waals surface area contributed by atoms with Crippen molar-refractivity contribution in [2.45, 2.75) is 50.4 Å². The maximum Gasteiger partial charge on any atom is 0.233 e. The maximum atomic E-state index is 14.0. The van der Waals surface area contributed by atoms with E-state index in [1.807, 2.05) is 11.0 Å². The van der Waals surface area contributed by atoms with E-state index >= 15 is 0 Å². The van der Waals surface area contributed by atoms with Crippen molar-refractivity contribution in [2.75, 3.05) is 46.4 Å². The van der Waals surface area contributed by atoms with Crippen molar-refractivity contribution >= 4 is 11.8 Å². The zero-order chi connectivity index (χ0) is 22.6. The minimum absolute atomic E-state index is 0.0544. The lowest BCUT2D eigenvalue weighted by Crippen LogP contribution is -2.55. The van der Waals surface area contributed by atoms with Gasteiger partial charge in [-0.15, -0.1) is 0 Å². The molecule has 0 radical (unpaired) electrons. The fourth-order valence-electron chi connectivity index (χ4n) is 6.00. The van der Waals surface area contributed by atoms with Gasteiger partial charge in [-0.2, -0.15) is 0 Å². The predicted octanol–water partition coefficient (Wildman–Crippen LogP) is 2.62. The molecule has 3 aliphatic heterocycles. The topological polar surface area (TPSA) is 70.7 Å². The van der Waals surface area contributed by atoms with Gasteiger partial charge in [-0.25, -0.2) is 4.39 Å². The van der Waals surface area contributed by atoms with E-state index in [9.17, 15) is 14.0 Å². The van der Waals surface area contributed by atoms with Crippen molar-refractivity contribution in [3.8, 4) is 0 Å². The minimum Gasteiger partial charge on any atom is -0.381 e. The van der Waals surface area contributed by atoms with Crippen molar-refractivity contribution in [3.63, 3.8) is 0 Å². The van der Waals surface area contributed by atoms with Crippen LogP contribution < -0.4 is 10.6 Å². The van der Waals surface area contributed by atoms with Crippen LogP contribution in [-0.4, -0.2) is 63.2 Å². The number of halogens is 1. The molecule has 3 aliphatic rings. The monoisotopic (exact) mass is 445 g/mol. The lowest BCUT2D eigenvalue weighted by Gasteiger charge is -2.46. The number of carbonyl (C=O) groups excluding carboxylic acids is 2. The van der Waals surface area contributed by atoms with Crippen LogP contribution in [0.1, 0.15) is 50.5 Å². The van der Waals surface area contributed by atoms with Crippen molar-refractivity contribution in [2.24, 2.45) is 11.3 Å². The summed E-state index contributed by atoms with van der Waals surface area (Å²) in [5.74, 6) is 0.387. The molecule has 1 aromatic rings. The number of hydrogen-bond acceptors (Lipinski definition) is 4. The molecule has 4 rings (SSSR count). The lowest BCUT2D eigenvalue weighted by molar-refractivity contribution is -0.148. The molecule has 3 saturated heterocycles. The van der Waals surface area contributed by atoms with Crippen LogP contribution in [0.25, 0.3) is 0 Å². The van der Waals surface area contributed by atoms with Crippen LogP contribution in [0.3, 0.4) is 0 Å². The summed E-state index contributed by atoms with van der Waals surface area (Å²) in [7, 11) is 1.71. The summed E-state index contributed by atoms with van der Waals surface area (Å²) in [6, 6.07) is 6.46. The van der Waals surface area contributed by atoms with Crippen LogP contribution in [0, 0.1) is 17.2 Å². The Morgan fingerprint density at radius 1 is 1.16 bits per heavy atom. The Hall–Kier alpha value is -1.99. The number of rotatable bonds is 5. The van der Waals surface area contributed by atoms with E-state index in [0.717, 1.165) is 37.9 Å². The van der Waals surface area contributed by atoms with Gasteiger partial charge in [-0.1, -0.05) is 12.1 Å². The number of hydrogen-bond donors (Lipinski definition) is 2. The first-order valence-electron chi connectivity index (χ1n) is 12.1. The highest BCUT2D eigenvalue weighted by Crippen LogP contribution is 2.43. The predicted molar refractivity (Wildman–Crippen MR) is 121 cm³/mol. The van der Waals surface area contributed by atoms with Gasteiger partial charge in [0.1, 0.15) is 5.82 Å². The van der Waals surface area contributed by atoms with E-state index in [4.69, 9.17) is 4.74 Å². The Morgan fingerprint density at radius 3 is 2.47 bits per heavy atom. The first-order chi connectivity index (χ1) is 15.5. The summed E-state index contributed by atoms with van der Waals surface area (Å²) < 4.78 is 19.6. The van der Waals surface area contributed by atoms with E-state index < -0.39 is 10.8 Å². The van der Waals surface area contributed by atoms with Crippen LogP contribution in [0.2, 0.25) is 0 Å². The molecule has 3 fully saturated rings. The first-order valence-corrected chi connectivity index (χ1v) is 12.1. The molecule has 0 aliphatic carbocycles. The summed E-state index contributed by atoms with van der Waals surface area (Å²) >= 11 is 0. The molecule has 0 aromatic heterocycles. The van der Waals surface area contributed by atoms with Crippen LogP contribution in [-0.2, 0) is 19.7 Å². The molecule has 0 spiro atoms. The molecule has 1 aromatic carbocycles. The standard InChI is InChI=1S/C25H36FN3O3/c1-27-22(30)24(18-19-5-11-28-12-6-19)7-13-29(14-8-24)23(31)25(9-15-32-16-10-25)20-3-2-4-21(26)17-20/h2-4,17,19,28H,5-16,18H2,1H3,(H,27,30). The highest BCUT2D eigenvalue weighted by molar-refractivity contribution is 5.89. The number of nitrogens with one attached hydrogen (secondary N) is 2. The zero-order valence-electron chi connectivity index (χ0n) is 19.1. The van der Waals surface area contributed by atoms with E-state index in [1.54, 1.807) is 13.1 Å². The highest BCUT2D eigenvalue weighted by atomic mass is 19.1. The summed E-state index contributed by atoms with van der Waals surface area (Å²) in [4.78, 5) is 28.8. The molecule has 2 N–H and O–H groups in total. The third-order valence-corrected chi connectivity index (χ3v) is 7.99. The number of carbonyl (C=O) groups is 2. The molecule has 0 bridgehead atoms. The molecule has 2 amide bonds. The summed E-state index contributed by atoms with van der Waals surface area (Å²) in [5, 5.41) is 6.30. The smallest absolute Gasteiger partial charge is 0.233 e. The molecule has 6 nitrogen and oxygen atoms in total. The number of piperidine rings is 2. The molecule has 3 heterocycles. The summed E-state index contributed by atoms with van der Waals surface area (Å²) in [5.41, 5.74) is -0.416. The van der Waals surface area contributed by atoms with Gasteiger partial charge >= 0.3 is 0 Å². The van der Waals surface area contributed by atoms with Crippen molar-refractivity contribution < 1.29 is 18.7 Å². The Kier molecular flexibility index (Phi) is 7.15. The normalized spacial score (nSPS) is 23.5. The van der Waals surface area contributed by atoms with Crippen molar-refractivity contribution in [1.82, 2.24) is 15.5 Å². The molecule has 0 atom stereocenters. The van der Waals surface area contributed by atoms with Gasteiger partial charge in [-0.05, 0) is 81.6 Å². The third-order valence-electron chi connectivity index (χ3n) is 7.99. The maximum absolute atomic E-state index is 14.0. The van der Waals surface area contributed by atoms with E-state index in [2.05, 4.69) is 10.6 Å². The lowest BCUT2D eigenvalue weighted by atomic mass is 9.68. The van der Waals surface area contributed by atoms with Gasteiger partial charge in [-0.3, -0.25) is 9.59 Å². The largest absolute Gasteiger partial charge is 0.381 e. The molecule has 0 saturated carbocycles. The van der Waals surface area contributed by atoms with E-state index in [0.29, 0.717) is 57.9 Å². The average Bonchev–Trinajstić information content (AvgIpc) is 2.84. The van der Waals surface area contributed by atoms with Gasteiger partial charge in [0.25, 0.3) is 0 Å². The second kappa shape index (κ2) is 9.87. The average molecular weight is 446 g/mol. The van der Waals surface area contributed by atoms with Crippen LogP contribution in [0.5, 0.6) is 0 Å². The Balaban J connectivity index is 1.52. The zero-order valence-corrected chi connectivity index (χ0v) is 19.1. The number of benzene rings is 1. The van der Waals surface area contributed by atoms with Crippen LogP contribution >= 0.6 is 0 Å². The van der Waals surface area contributed by atoms with Gasteiger partial charge in [0, 0.05) is 33.4 Å². The Bertz CT molecular complexity index is 810. The fourth-order valence-corrected chi connectivity index (χ4v) is 6.00. The Morgan fingerprint density at radius 2 is 1.84 bits per heavy atom. The SMILES string of the molecule is CNC(=O)C1(CC2CCNCC2)CCN(C(=O)C2(c3cccc(F)c3)CCOCC2)CC1. The first kappa shape index (κ1) is 23.2. The summed E-state index contributed by atoms with van der Waals surface area (Å²) in [6.45, 7) is 4.14. The number of nitrogens with zero attached hydrogens (tertiary/aromatic N) is 1. The number of amides is 2. The second-order valence-electron chi connectivity index (χ2n) is 9.75. The van der Waals surface area contributed by atoms with Gasteiger partial charge in [0.05, 0.1) is 10.8 Å². The number of ether oxygens (including phenoxy) is 1. The molecule has 0 unspecified atom stereocenters. The quantitative estimate of drug-likeness (QED) is 0.731. The molecular weight excluding hydrogens is 409 g/mol. The molecule has 7 heteroatoms. The minimum atomic E-state index is -0.748. The van der Waals surface area contributed by atoms with Crippen LogP contribution in [0.4, 0.5) is 4.39 Å². The molecule has 32 heavy (non-hydrogen) atoms. The summed E-state index contributed by atoms with van der Waals surface area (Å²) in [6.07, 6.45) is 5.56. The highest BCUT2D eigenvalue weighted by Gasteiger charge is 2.48. The number of likely N-dealkylation sites (tertiary alicyclic amines) is 1. The molecule has 176 valence electrons. The second-order valence-corrected chi connectivity index (χ2v) is 9.75. The van der Waals surface area contributed by atoms with Crippen LogP contribution in [0.15, 0.2) is 24.3 Å². The van der Waals surface area contributed by atoms with E-state index in [1.165, 1.54) is 12.1 Å². The Labute approximate surface area is 190 Å².